The van der Waals surface area contributed by atoms with Crippen molar-refractivity contribution in [2.75, 3.05) is 6.61 Å². The number of rotatable bonds is 5. The molecule has 0 aliphatic rings. The summed E-state index contributed by atoms with van der Waals surface area (Å²) in [6.45, 7) is 7.15. The van der Waals surface area contributed by atoms with E-state index < -0.39 is 21.9 Å². The molecular formula is C14H22FNO3S. The van der Waals surface area contributed by atoms with Crippen LogP contribution in [0.4, 0.5) is 4.39 Å². The number of halogens is 1. The van der Waals surface area contributed by atoms with Crippen molar-refractivity contribution in [2.24, 2.45) is 5.41 Å². The second-order valence-corrected chi connectivity index (χ2v) is 7.64. The van der Waals surface area contributed by atoms with Gasteiger partial charge in [0, 0.05) is 12.6 Å². The lowest BCUT2D eigenvalue weighted by molar-refractivity contribution is 0.214. The Morgan fingerprint density at radius 2 is 1.95 bits per heavy atom. The first kappa shape index (κ1) is 17.1. The number of hydrogen-bond acceptors (Lipinski definition) is 3. The molecule has 0 saturated heterocycles. The van der Waals surface area contributed by atoms with E-state index in [1.807, 2.05) is 20.8 Å². The lowest BCUT2D eigenvalue weighted by Crippen LogP contribution is -2.44. The Kier molecular flexibility index (Phi) is 5.29. The predicted molar refractivity (Wildman–Crippen MR) is 76.4 cm³/mol. The van der Waals surface area contributed by atoms with Crippen LogP contribution >= 0.6 is 0 Å². The molecule has 0 aliphatic heterocycles. The average molecular weight is 303 g/mol. The average Bonchev–Trinajstić information content (AvgIpc) is 2.30. The van der Waals surface area contributed by atoms with Crippen LogP contribution in [-0.4, -0.2) is 26.2 Å². The summed E-state index contributed by atoms with van der Waals surface area (Å²) in [5.74, 6) is -0.592. The summed E-state index contributed by atoms with van der Waals surface area (Å²) < 4.78 is 40.6. The van der Waals surface area contributed by atoms with E-state index >= 15 is 0 Å². The van der Waals surface area contributed by atoms with Gasteiger partial charge in [-0.25, -0.2) is 17.5 Å². The Labute approximate surface area is 120 Å². The van der Waals surface area contributed by atoms with Crippen LogP contribution in [-0.2, 0) is 10.0 Å². The molecule has 114 valence electrons. The largest absolute Gasteiger partial charge is 0.396 e. The first-order chi connectivity index (χ1) is 9.08. The van der Waals surface area contributed by atoms with Crippen LogP contribution in [0.1, 0.15) is 32.8 Å². The Bertz CT molecular complexity index is 564. The van der Waals surface area contributed by atoms with Gasteiger partial charge in [0.25, 0.3) is 0 Å². The van der Waals surface area contributed by atoms with Crippen molar-refractivity contribution in [2.45, 2.75) is 45.1 Å². The third-order valence-electron chi connectivity index (χ3n) is 3.20. The number of nitrogens with one attached hydrogen (secondary N) is 1. The van der Waals surface area contributed by atoms with Gasteiger partial charge in [0.1, 0.15) is 5.82 Å². The van der Waals surface area contributed by atoms with Gasteiger partial charge in [-0.15, -0.1) is 0 Å². The molecule has 0 fully saturated rings. The van der Waals surface area contributed by atoms with Crippen molar-refractivity contribution in [1.82, 2.24) is 4.72 Å². The molecule has 0 aromatic heterocycles. The van der Waals surface area contributed by atoms with Crippen molar-refractivity contribution in [1.29, 1.82) is 0 Å². The molecule has 0 bridgehead atoms. The molecule has 1 unspecified atom stereocenters. The number of benzene rings is 1. The number of aliphatic hydroxyl groups excluding tert-OH is 1. The van der Waals surface area contributed by atoms with E-state index in [4.69, 9.17) is 5.11 Å². The SMILES string of the molecule is Cc1ccc(F)cc1S(=O)(=O)NC(CCO)C(C)(C)C. The Morgan fingerprint density at radius 1 is 1.35 bits per heavy atom. The summed E-state index contributed by atoms with van der Waals surface area (Å²) in [5.41, 5.74) is 0.132. The highest BCUT2D eigenvalue weighted by atomic mass is 32.2. The monoisotopic (exact) mass is 303 g/mol. The third-order valence-corrected chi connectivity index (χ3v) is 4.81. The number of aryl methyl sites for hydroxylation is 1. The van der Waals surface area contributed by atoms with Crippen molar-refractivity contribution < 1.29 is 17.9 Å². The van der Waals surface area contributed by atoms with Gasteiger partial charge in [0.2, 0.25) is 10.0 Å². The first-order valence-corrected chi connectivity index (χ1v) is 7.95. The molecule has 0 heterocycles. The summed E-state index contributed by atoms with van der Waals surface area (Å²) in [6, 6.07) is 3.24. The molecule has 0 saturated carbocycles. The number of sulfonamides is 1. The fourth-order valence-electron chi connectivity index (χ4n) is 1.91. The summed E-state index contributed by atoms with van der Waals surface area (Å²) in [4.78, 5) is -0.0651. The predicted octanol–water partition coefficient (Wildman–Crippen LogP) is 2.21. The fourth-order valence-corrected chi connectivity index (χ4v) is 3.64. The molecule has 0 radical (unpaired) electrons. The normalized spacial score (nSPS) is 14.3. The van der Waals surface area contributed by atoms with E-state index in [2.05, 4.69) is 4.72 Å². The molecule has 1 aromatic carbocycles. The molecule has 0 aliphatic carbocycles. The van der Waals surface area contributed by atoms with E-state index in [1.165, 1.54) is 12.1 Å². The van der Waals surface area contributed by atoms with Crippen LogP contribution in [0.25, 0.3) is 0 Å². The molecule has 1 aromatic rings. The lowest BCUT2D eigenvalue weighted by Gasteiger charge is -2.31. The lowest BCUT2D eigenvalue weighted by atomic mass is 9.86. The van der Waals surface area contributed by atoms with Gasteiger partial charge in [0.15, 0.2) is 0 Å². The zero-order chi connectivity index (χ0) is 15.6. The van der Waals surface area contributed by atoms with E-state index in [1.54, 1.807) is 6.92 Å². The van der Waals surface area contributed by atoms with Gasteiger partial charge >= 0.3 is 0 Å². The van der Waals surface area contributed by atoms with Gasteiger partial charge in [-0.2, -0.15) is 0 Å². The maximum absolute atomic E-state index is 13.3. The molecule has 20 heavy (non-hydrogen) atoms. The topological polar surface area (TPSA) is 66.4 Å². The van der Waals surface area contributed by atoms with Gasteiger partial charge < -0.3 is 5.11 Å². The van der Waals surface area contributed by atoms with Gasteiger partial charge in [-0.1, -0.05) is 26.8 Å². The Hall–Kier alpha value is -0.980. The highest BCUT2D eigenvalue weighted by Crippen LogP contribution is 2.25. The number of aliphatic hydroxyl groups is 1. The summed E-state index contributed by atoms with van der Waals surface area (Å²) in [7, 11) is -3.82. The highest BCUT2D eigenvalue weighted by molar-refractivity contribution is 7.89. The molecule has 0 amide bonds. The van der Waals surface area contributed by atoms with Crippen LogP contribution in [0.5, 0.6) is 0 Å². The maximum Gasteiger partial charge on any atom is 0.241 e. The van der Waals surface area contributed by atoms with Crippen molar-refractivity contribution in [3.05, 3.63) is 29.6 Å². The maximum atomic E-state index is 13.3. The Morgan fingerprint density at radius 3 is 2.45 bits per heavy atom. The fraction of sp³-hybridized carbons (Fsp3) is 0.571. The number of hydrogen-bond donors (Lipinski definition) is 2. The van der Waals surface area contributed by atoms with Crippen LogP contribution in [0, 0.1) is 18.2 Å². The van der Waals surface area contributed by atoms with Gasteiger partial charge in [-0.3, -0.25) is 0 Å². The summed E-state index contributed by atoms with van der Waals surface area (Å²) in [6.07, 6.45) is 0.303. The highest BCUT2D eigenvalue weighted by Gasteiger charge is 2.30. The first-order valence-electron chi connectivity index (χ1n) is 6.47. The second-order valence-electron chi connectivity index (χ2n) is 5.96. The quantitative estimate of drug-likeness (QED) is 0.876. The minimum atomic E-state index is -3.82. The minimum absolute atomic E-state index is 0.0651. The zero-order valence-corrected chi connectivity index (χ0v) is 13.1. The molecular weight excluding hydrogens is 281 g/mol. The second kappa shape index (κ2) is 6.20. The van der Waals surface area contributed by atoms with Crippen molar-refractivity contribution >= 4 is 10.0 Å². The third kappa shape index (κ3) is 4.26. The van der Waals surface area contributed by atoms with E-state index in [-0.39, 0.29) is 16.9 Å². The minimum Gasteiger partial charge on any atom is -0.396 e. The molecule has 1 rings (SSSR count). The zero-order valence-electron chi connectivity index (χ0n) is 12.3. The summed E-state index contributed by atoms with van der Waals surface area (Å²) >= 11 is 0. The van der Waals surface area contributed by atoms with Crippen LogP contribution in [0.3, 0.4) is 0 Å². The molecule has 0 spiro atoms. The van der Waals surface area contributed by atoms with Crippen molar-refractivity contribution in [3.8, 4) is 0 Å². The van der Waals surface area contributed by atoms with E-state index in [0.717, 1.165) is 6.07 Å². The molecule has 4 nitrogen and oxygen atoms in total. The van der Waals surface area contributed by atoms with Crippen LogP contribution in [0.2, 0.25) is 0 Å². The van der Waals surface area contributed by atoms with Gasteiger partial charge in [-0.05, 0) is 36.5 Å². The van der Waals surface area contributed by atoms with Gasteiger partial charge in [0.05, 0.1) is 4.90 Å². The molecule has 6 heteroatoms. The van der Waals surface area contributed by atoms with E-state index in [0.29, 0.717) is 12.0 Å². The summed E-state index contributed by atoms with van der Waals surface area (Å²) in [5, 5.41) is 9.07. The standard InChI is InChI=1S/C14H22FNO3S/c1-10-5-6-11(15)9-12(10)20(18,19)16-13(7-8-17)14(2,3)4/h5-6,9,13,16-17H,7-8H2,1-4H3. The molecule has 1 atom stereocenters. The van der Waals surface area contributed by atoms with Crippen LogP contribution < -0.4 is 4.72 Å². The smallest absolute Gasteiger partial charge is 0.241 e. The van der Waals surface area contributed by atoms with Crippen LogP contribution in [0.15, 0.2) is 23.1 Å². The molecule has 2 N–H and O–H groups in total. The van der Waals surface area contributed by atoms with Crippen molar-refractivity contribution in [3.63, 3.8) is 0 Å². The Balaban J connectivity index is 3.13. The van der Waals surface area contributed by atoms with E-state index in [9.17, 15) is 12.8 Å².